The van der Waals surface area contributed by atoms with E-state index in [1.807, 2.05) is 0 Å². The molecule has 4 aliphatic rings. The van der Waals surface area contributed by atoms with Crippen LogP contribution in [0, 0.1) is 0 Å². The van der Waals surface area contributed by atoms with Gasteiger partial charge < -0.3 is 15.1 Å². The minimum absolute atomic E-state index is 0.0629. The second-order valence-electron chi connectivity index (χ2n) is 10.3. The molecular weight excluding hydrogens is 418 g/mol. The number of hydrogen-bond donors (Lipinski definition) is 1. The molecule has 31 heavy (non-hydrogen) atoms. The van der Waals surface area contributed by atoms with Crippen LogP contribution in [0.3, 0.4) is 0 Å². The van der Waals surface area contributed by atoms with Gasteiger partial charge in [0.2, 0.25) is 17.7 Å². The van der Waals surface area contributed by atoms with Crippen molar-refractivity contribution in [3.63, 3.8) is 0 Å². The van der Waals surface area contributed by atoms with Crippen LogP contribution in [0.5, 0.6) is 0 Å². The summed E-state index contributed by atoms with van der Waals surface area (Å²) < 4.78 is 24.6. The van der Waals surface area contributed by atoms with Gasteiger partial charge in [-0.1, -0.05) is 38.5 Å². The fourth-order valence-corrected chi connectivity index (χ4v) is 8.17. The number of carbonyl (C=O) groups excluding carboxylic acids is 3. The lowest BCUT2D eigenvalue weighted by Crippen LogP contribution is -2.67. The highest BCUT2D eigenvalue weighted by Crippen LogP contribution is 2.47. The quantitative estimate of drug-likeness (QED) is 0.653. The number of sulfone groups is 1. The second-order valence-corrected chi connectivity index (χ2v) is 13.0. The average Bonchev–Trinajstić information content (AvgIpc) is 2.87. The maximum Gasteiger partial charge on any atom is 0.247 e. The molecule has 0 unspecified atom stereocenters. The van der Waals surface area contributed by atoms with E-state index in [4.69, 9.17) is 0 Å². The average molecular weight is 454 g/mol. The molecule has 2 aliphatic carbocycles. The monoisotopic (exact) mass is 453 g/mol. The first-order valence-corrected chi connectivity index (χ1v) is 13.2. The van der Waals surface area contributed by atoms with E-state index in [-0.39, 0.29) is 24.3 Å². The molecule has 8 nitrogen and oxygen atoms in total. The Hall–Kier alpha value is -1.64. The van der Waals surface area contributed by atoms with Crippen molar-refractivity contribution < 1.29 is 22.8 Å². The number of rotatable bonds is 4. The number of nitrogens with zero attached hydrogens (tertiary/aromatic N) is 2. The Morgan fingerprint density at radius 2 is 1.61 bits per heavy atom. The molecular formula is C22H35N3O5S. The standard InChI is InChI=1S/C22H35N3O5S/c1-21(2)18(25-16(26)14-17(25)31(21,29)30)19(27)24(3)22(12-8-5-9-13-22)20(28)23-15-10-6-4-7-11-15/h15,17-18H,4-14H2,1-3H3,(H,23,28)/t17-,18+/m1/s1. The Balaban J connectivity index is 1.62. The van der Waals surface area contributed by atoms with Crippen LogP contribution in [0.15, 0.2) is 0 Å². The van der Waals surface area contributed by atoms with Crippen molar-refractivity contribution in [1.82, 2.24) is 15.1 Å². The molecule has 0 radical (unpaired) electrons. The van der Waals surface area contributed by atoms with Gasteiger partial charge in [0.05, 0.1) is 11.2 Å². The van der Waals surface area contributed by atoms with Crippen molar-refractivity contribution in [2.24, 2.45) is 0 Å². The first-order chi connectivity index (χ1) is 14.5. The highest BCUT2D eigenvalue weighted by Gasteiger charge is 2.68. The molecule has 0 aromatic heterocycles. The van der Waals surface area contributed by atoms with Crippen molar-refractivity contribution in [2.45, 2.75) is 112 Å². The van der Waals surface area contributed by atoms with E-state index in [0.29, 0.717) is 12.8 Å². The SMILES string of the molecule is CN(C(=O)[C@@H]1N2C(=O)C[C@H]2S(=O)(=O)C1(C)C)C1(C(=O)NC2CCCCC2)CCCCC1. The van der Waals surface area contributed by atoms with E-state index in [9.17, 15) is 22.8 Å². The second kappa shape index (κ2) is 7.74. The number of carbonyl (C=O) groups is 3. The maximum atomic E-state index is 13.8. The predicted octanol–water partition coefficient (Wildman–Crippen LogP) is 1.73. The van der Waals surface area contributed by atoms with Crippen LogP contribution in [0.1, 0.15) is 84.5 Å². The molecule has 2 heterocycles. The van der Waals surface area contributed by atoms with Gasteiger partial charge in [-0.3, -0.25) is 14.4 Å². The fourth-order valence-electron chi connectivity index (χ4n) is 6.04. The highest BCUT2D eigenvalue weighted by molar-refractivity contribution is 7.93. The summed E-state index contributed by atoms with van der Waals surface area (Å²) in [5, 5.41) is 2.28. The van der Waals surface area contributed by atoms with Crippen molar-refractivity contribution in [3.05, 3.63) is 0 Å². The van der Waals surface area contributed by atoms with Gasteiger partial charge in [-0.25, -0.2) is 8.42 Å². The number of likely N-dealkylation sites (N-methyl/N-ethyl adjacent to an activating group) is 1. The zero-order valence-corrected chi connectivity index (χ0v) is 19.7. The van der Waals surface area contributed by atoms with Crippen molar-refractivity contribution in [1.29, 1.82) is 0 Å². The Morgan fingerprint density at radius 1 is 1.03 bits per heavy atom. The van der Waals surface area contributed by atoms with Crippen molar-refractivity contribution in [3.8, 4) is 0 Å². The summed E-state index contributed by atoms with van der Waals surface area (Å²) in [5.41, 5.74) is -0.987. The lowest BCUT2D eigenvalue weighted by Gasteiger charge is -2.47. The molecule has 174 valence electrons. The fraction of sp³-hybridized carbons (Fsp3) is 0.864. The smallest absolute Gasteiger partial charge is 0.247 e. The molecule has 2 saturated carbocycles. The van der Waals surface area contributed by atoms with Crippen molar-refractivity contribution in [2.75, 3.05) is 7.05 Å². The number of hydrogen-bond acceptors (Lipinski definition) is 5. The molecule has 2 atom stereocenters. The van der Waals surface area contributed by atoms with Gasteiger partial charge in [0.1, 0.15) is 17.0 Å². The molecule has 4 fully saturated rings. The highest BCUT2D eigenvalue weighted by atomic mass is 32.2. The van der Waals surface area contributed by atoms with Crippen LogP contribution in [0.4, 0.5) is 0 Å². The summed E-state index contributed by atoms with van der Waals surface area (Å²) >= 11 is 0. The summed E-state index contributed by atoms with van der Waals surface area (Å²) in [5.74, 6) is -0.875. The molecule has 3 amide bonds. The summed E-state index contributed by atoms with van der Waals surface area (Å²) in [6.07, 6.45) is 9.04. The minimum Gasteiger partial charge on any atom is -0.351 e. The van der Waals surface area contributed by atoms with Gasteiger partial charge in [0.25, 0.3) is 0 Å². The first-order valence-electron chi connectivity index (χ1n) is 11.7. The van der Waals surface area contributed by atoms with Crippen LogP contribution >= 0.6 is 0 Å². The number of amides is 3. The van der Waals surface area contributed by atoms with Crippen LogP contribution in [-0.2, 0) is 24.2 Å². The molecule has 0 bridgehead atoms. The zero-order chi connectivity index (χ0) is 22.6. The molecule has 9 heteroatoms. The van der Waals surface area contributed by atoms with E-state index >= 15 is 0 Å². The third-order valence-corrected chi connectivity index (χ3v) is 11.0. The molecule has 0 aromatic rings. The lowest BCUT2D eigenvalue weighted by atomic mass is 9.78. The normalized spacial score (nSPS) is 31.5. The molecule has 1 N–H and O–H groups in total. The van der Waals surface area contributed by atoms with E-state index in [1.165, 1.54) is 30.1 Å². The topological polar surface area (TPSA) is 104 Å². The van der Waals surface area contributed by atoms with E-state index in [1.54, 1.807) is 7.05 Å². The van der Waals surface area contributed by atoms with Gasteiger partial charge in [-0.2, -0.15) is 0 Å². The predicted molar refractivity (Wildman–Crippen MR) is 116 cm³/mol. The molecule has 2 aliphatic heterocycles. The number of nitrogens with one attached hydrogen (secondary N) is 1. The molecule has 4 rings (SSSR count). The lowest BCUT2D eigenvalue weighted by molar-refractivity contribution is -0.160. The largest absolute Gasteiger partial charge is 0.351 e. The Morgan fingerprint density at radius 3 is 2.19 bits per heavy atom. The number of β-lactam (4-membered cyclic amide) rings is 1. The summed E-state index contributed by atoms with van der Waals surface area (Å²) in [6.45, 7) is 3.06. The van der Waals surface area contributed by atoms with Crippen LogP contribution in [-0.4, -0.2) is 70.7 Å². The Bertz CT molecular complexity index is 872. The van der Waals surface area contributed by atoms with Crippen molar-refractivity contribution >= 4 is 27.6 Å². The third kappa shape index (κ3) is 3.29. The van der Waals surface area contributed by atoms with Gasteiger partial charge in [-0.05, 0) is 39.5 Å². The van der Waals surface area contributed by atoms with E-state index in [2.05, 4.69) is 5.32 Å². The first kappa shape index (κ1) is 22.6. The molecule has 0 aromatic carbocycles. The van der Waals surface area contributed by atoms with E-state index in [0.717, 1.165) is 44.9 Å². The van der Waals surface area contributed by atoms with E-state index < -0.39 is 37.4 Å². The maximum absolute atomic E-state index is 13.8. The summed E-state index contributed by atoms with van der Waals surface area (Å²) in [7, 11) is -2.04. The summed E-state index contributed by atoms with van der Waals surface area (Å²) in [6, 6.07) is -0.955. The van der Waals surface area contributed by atoms with Gasteiger partial charge in [-0.15, -0.1) is 0 Å². The van der Waals surface area contributed by atoms with Crippen LogP contribution in [0.25, 0.3) is 0 Å². The molecule has 2 saturated heterocycles. The Kier molecular flexibility index (Phi) is 5.63. The third-order valence-electron chi connectivity index (χ3n) is 8.23. The van der Waals surface area contributed by atoms with Gasteiger partial charge in [0.15, 0.2) is 9.84 Å². The number of fused-ring (bicyclic) bond motifs is 1. The van der Waals surface area contributed by atoms with Gasteiger partial charge >= 0.3 is 0 Å². The van der Waals surface area contributed by atoms with Crippen LogP contribution < -0.4 is 5.32 Å². The zero-order valence-electron chi connectivity index (χ0n) is 18.9. The summed E-state index contributed by atoms with van der Waals surface area (Å²) in [4.78, 5) is 42.3. The van der Waals surface area contributed by atoms with Gasteiger partial charge in [0, 0.05) is 13.1 Å². The Labute approximate surface area is 185 Å². The molecule has 0 spiro atoms. The van der Waals surface area contributed by atoms with Crippen LogP contribution in [0.2, 0.25) is 0 Å². The minimum atomic E-state index is -3.66.